The van der Waals surface area contributed by atoms with Gasteiger partial charge in [-0.3, -0.25) is 0 Å². The molecule has 0 saturated heterocycles. The molecule has 5 heteroatoms. The summed E-state index contributed by atoms with van der Waals surface area (Å²) in [5.74, 6) is 0. The standard InChI is InChI=1S/C26H26O3Si2/c1-28-31(25-18-10-4-11-19-25,26-20-12-5-13-21-26)29-30(22-27,23-14-6-2-7-15-23)24-16-8-3-9-17-24/h2-21,27H,22H2,1H3. The monoisotopic (exact) mass is 442 g/mol. The van der Waals surface area contributed by atoms with Crippen LogP contribution < -0.4 is 20.7 Å². The van der Waals surface area contributed by atoms with Crippen LogP contribution in [-0.2, 0) is 8.54 Å². The van der Waals surface area contributed by atoms with E-state index in [4.69, 9.17) is 8.54 Å². The summed E-state index contributed by atoms with van der Waals surface area (Å²) in [7, 11) is -4.47. The molecule has 0 radical (unpaired) electrons. The summed E-state index contributed by atoms with van der Waals surface area (Å²) in [5.41, 5.74) is 0. The van der Waals surface area contributed by atoms with Crippen LogP contribution in [0.25, 0.3) is 0 Å². The van der Waals surface area contributed by atoms with Crippen LogP contribution in [0.2, 0.25) is 0 Å². The van der Waals surface area contributed by atoms with Crippen molar-refractivity contribution in [3.63, 3.8) is 0 Å². The third kappa shape index (κ3) is 4.06. The number of hydrogen-bond acceptors (Lipinski definition) is 3. The number of hydrogen-bond donors (Lipinski definition) is 1. The van der Waals surface area contributed by atoms with Gasteiger partial charge in [-0.15, -0.1) is 0 Å². The van der Waals surface area contributed by atoms with Crippen LogP contribution in [0.4, 0.5) is 0 Å². The first-order valence-corrected chi connectivity index (χ1v) is 14.3. The molecule has 156 valence electrons. The van der Waals surface area contributed by atoms with Crippen molar-refractivity contribution >= 4 is 37.6 Å². The van der Waals surface area contributed by atoms with E-state index in [-0.39, 0.29) is 6.23 Å². The van der Waals surface area contributed by atoms with Crippen molar-refractivity contribution in [2.45, 2.75) is 0 Å². The molecule has 0 amide bonds. The highest BCUT2D eigenvalue weighted by atomic mass is 28.4. The minimum atomic E-state index is -3.14. The lowest BCUT2D eigenvalue weighted by Crippen LogP contribution is -2.75. The number of aliphatic hydroxyl groups excluding tert-OH is 1. The lowest BCUT2D eigenvalue weighted by atomic mass is 10.4. The van der Waals surface area contributed by atoms with Gasteiger partial charge >= 0.3 is 8.56 Å². The summed E-state index contributed by atoms with van der Waals surface area (Å²) in [6.07, 6.45) is -0.0845. The minimum absolute atomic E-state index is 0.0845. The van der Waals surface area contributed by atoms with Gasteiger partial charge in [0.15, 0.2) is 0 Å². The van der Waals surface area contributed by atoms with Crippen LogP contribution in [0, 0.1) is 0 Å². The molecule has 4 aromatic carbocycles. The van der Waals surface area contributed by atoms with Gasteiger partial charge in [-0.2, -0.15) is 0 Å². The van der Waals surface area contributed by atoms with Gasteiger partial charge in [0.2, 0.25) is 0 Å². The minimum Gasteiger partial charge on any atom is -0.420 e. The van der Waals surface area contributed by atoms with Gasteiger partial charge in [-0.25, -0.2) is 0 Å². The number of aliphatic hydroxyl groups is 1. The number of rotatable bonds is 8. The highest BCUT2D eigenvalue weighted by molar-refractivity contribution is 7.06. The van der Waals surface area contributed by atoms with Gasteiger partial charge in [0, 0.05) is 7.11 Å². The molecule has 0 bridgehead atoms. The first-order valence-electron chi connectivity index (χ1n) is 10.3. The van der Waals surface area contributed by atoms with E-state index >= 15 is 0 Å². The lowest BCUT2D eigenvalue weighted by molar-refractivity contribution is 0.299. The van der Waals surface area contributed by atoms with Gasteiger partial charge in [0.25, 0.3) is 8.32 Å². The maximum atomic E-state index is 10.9. The van der Waals surface area contributed by atoms with Crippen molar-refractivity contribution in [1.29, 1.82) is 0 Å². The lowest BCUT2D eigenvalue weighted by Gasteiger charge is -2.40. The molecular formula is C26H26O3Si2. The second-order valence-corrected chi connectivity index (χ2v) is 14.1. The summed E-state index contributed by atoms with van der Waals surface area (Å²) < 4.78 is 13.6. The molecule has 0 saturated carbocycles. The first kappa shape index (κ1) is 21.4. The molecule has 0 aromatic heterocycles. The molecule has 0 unspecified atom stereocenters. The fourth-order valence-electron chi connectivity index (χ4n) is 4.04. The van der Waals surface area contributed by atoms with Crippen molar-refractivity contribution in [2.75, 3.05) is 13.3 Å². The Morgan fingerprint density at radius 2 is 0.871 bits per heavy atom. The average molecular weight is 443 g/mol. The van der Waals surface area contributed by atoms with Crippen LogP contribution in [0.15, 0.2) is 121 Å². The molecule has 0 heterocycles. The Labute approximate surface area is 185 Å². The Morgan fingerprint density at radius 1 is 0.548 bits per heavy atom. The predicted molar refractivity (Wildman–Crippen MR) is 131 cm³/mol. The van der Waals surface area contributed by atoms with Crippen LogP contribution in [0.5, 0.6) is 0 Å². The van der Waals surface area contributed by atoms with E-state index in [2.05, 4.69) is 48.5 Å². The van der Waals surface area contributed by atoms with Crippen LogP contribution in [0.3, 0.4) is 0 Å². The second kappa shape index (κ2) is 9.55. The van der Waals surface area contributed by atoms with Crippen LogP contribution >= 0.6 is 0 Å². The average Bonchev–Trinajstić information content (AvgIpc) is 2.87. The van der Waals surface area contributed by atoms with E-state index in [1.165, 1.54) is 0 Å². The molecule has 0 aliphatic carbocycles. The van der Waals surface area contributed by atoms with Gasteiger partial charge in [0.1, 0.15) is 0 Å². The van der Waals surface area contributed by atoms with Gasteiger partial charge in [-0.1, -0.05) is 121 Å². The summed E-state index contributed by atoms with van der Waals surface area (Å²) >= 11 is 0. The highest BCUT2D eigenvalue weighted by Gasteiger charge is 2.51. The molecule has 0 aliphatic heterocycles. The predicted octanol–water partition coefficient (Wildman–Crippen LogP) is 2.20. The molecule has 31 heavy (non-hydrogen) atoms. The molecule has 1 N–H and O–H groups in total. The Hall–Kier alpha value is -2.81. The maximum Gasteiger partial charge on any atom is 0.397 e. The fraction of sp³-hybridized carbons (Fsp3) is 0.0769. The SMILES string of the molecule is CO[Si](O[Si](CO)(c1ccccc1)c1ccccc1)(c1ccccc1)c1ccccc1. The van der Waals surface area contributed by atoms with Crippen molar-refractivity contribution in [1.82, 2.24) is 0 Å². The molecular weight excluding hydrogens is 416 g/mol. The third-order valence-corrected chi connectivity index (χ3v) is 13.9. The Balaban J connectivity index is 1.98. The highest BCUT2D eigenvalue weighted by Crippen LogP contribution is 2.17. The Morgan fingerprint density at radius 3 is 1.16 bits per heavy atom. The fourth-order valence-corrected chi connectivity index (χ4v) is 12.7. The van der Waals surface area contributed by atoms with E-state index in [0.29, 0.717) is 0 Å². The molecule has 0 aliphatic rings. The molecule has 4 aromatic rings. The normalized spacial score (nSPS) is 11.9. The molecule has 0 atom stereocenters. The van der Waals surface area contributed by atoms with E-state index in [0.717, 1.165) is 20.7 Å². The van der Waals surface area contributed by atoms with Crippen molar-refractivity contribution in [3.8, 4) is 0 Å². The van der Waals surface area contributed by atoms with Crippen LogP contribution in [-0.4, -0.2) is 35.3 Å². The largest absolute Gasteiger partial charge is 0.420 e. The zero-order valence-corrected chi connectivity index (χ0v) is 19.5. The molecule has 0 fully saturated rings. The zero-order chi connectivity index (χ0) is 21.6. The van der Waals surface area contributed by atoms with Gasteiger partial charge in [-0.05, 0) is 20.7 Å². The van der Waals surface area contributed by atoms with Crippen molar-refractivity contribution in [3.05, 3.63) is 121 Å². The van der Waals surface area contributed by atoms with E-state index in [9.17, 15) is 5.11 Å². The smallest absolute Gasteiger partial charge is 0.397 e. The van der Waals surface area contributed by atoms with Crippen molar-refractivity contribution < 1.29 is 13.6 Å². The summed E-state index contributed by atoms with van der Waals surface area (Å²) in [6, 6.07) is 40.5. The van der Waals surface area contributed by atoms with E-state index < -0.39 is 16.9 Å². The van der Waals surface area contributed by atoms with E-state index in [1.54, 1.807) is 7.11 Å². The molecule has 0 spiro atoms. The maximum absolute atomic E-state index is 10.9. The topological polar surface area (TPSA) is 38.7 Å². The van der Waals surface area contributed by atoms with Crippen LogP contribution in [0.1, 0.15) is 0 Å². The first-order chi connectivity index (χ1) is 15.2. The number of benzene rings is 4. The van der Waals surface area contributed by atoms with Gasteiger partial charge in [0.05, 0.1) is 6.23 Å². The van der Waals surface area contributed by atoms with Gasteiger partial charge < -0.3 is 13.6 Å². The second-order valence-electron chi connectivity index (χ2n) is 7.37. The Bertz CT molecular complexity index is 907. The molecule has 3 nitrogen and oxygen atoms in total. The van der Waals surface area contributed by atoms with Crippen molar-refractivity contribution in [2.24, 2.45) is 0 Å². The summed E-state index contributed by atoms with van der Waals surface area (Å²) in [6.45, 7) is 0. The quantitative estimate of drug-likeness (QED) is 0.425. The summed E-state index contributed by atoms with van der Waals surface area (Å²) in [5, 5.41) is 15.0. The summed E-state index contributed by atoms with van der Waals surface area (Å²) in [4.78, 5) is 0. The Kier molecular flexibility index (Phi) is 6.60. The third-order valence-electron chi connectivity index (χ3n) is 5.62. The van der Waals surface area contributed by atoms with E-state index in [1.807, 2.05) is 72.8 Å². The molecule has 4 rings (SSSR count). The zero-order valence-electron chi connectivity index (χ0n) is 17.5.